The number of carbonyl (C=O) groups is 1. The third kappa shape index (κ3) is 4.30. The van der Waals surface area contributed by atoms with Crippen molar-refractivity contribution in [2.75, 3.05) is 13.1 Å². The van der Waals surface area contributed by atoms with Crippen LogP contribution in [0.5, 0.6) is 0 Å². The van der Waals surface area contributed by atoms with Gasteiger partial charge in [-0.05, 0) is 61.6 Å². The van der Waals surface area contributed by atoms with Gasteiger partial charge in [0.1, 0.15) is 5.69 Å². The Morgan fingerprint density at radius 1 is 1.36 bits per heavy atom. The predicted octanol–water partition coefficient (Wildman–Crippen LogP) is 4.33. The Kier molecular flexibility index (Phi) is 5.57. The summed E-state index contributed by atoms with van der Waals surface area (Å²) in [5.74, 6) is 1.02. The van der Waals surface area contributed by atoms with Gasteiger partial charge in [-0.3, -0.25) is 9.89 Å². The van der Waals surface area contributed by atoms with E-state index in [1.165, 1.54) is 17.5 Å². The molecule has 1 saturated heterocycles. The van der Waals surface area contributed by atoms with E-state index < -0.39 is 0 Å². The SMILES string of the molecule is Cc1ccccc1CC[C@@H]1CCCN(C(=O)c2cc(C(C)C)[nH]n2)C1. The van der Waals surface area contributed by atoms with Gasteiger partial charge in [0.2, 0.25) is 0 Å². The number of amides is 1. The molecule has 0 bridgehead atoms. The molecule has 0 unspecified atom stereocenters. The summed E-state index contributed by atoms with van der Waals surface area (Å²) in [6.07, 6.45) is 4.55. The molecule has 1 fully saturated rings. The molecular weight excluding hydrogens is 310 g/mol. The number of carbonyl (C=O) groups excluding carboxylic acids is 1. The molecule has 1 aromatic carbocycles. The van der Waals surface area contributed by atoms with Gasteiger partial charge in [-0.1, -0.05) is 38.1 Å². The summed E-state index contributed by atoms with van der Waals surface area (Å²) < 4.78 is 0. The maximum absolute atomic E-state index is 12.8. The molecule has 0 spiro atoms. The Hall–Kier alpha value is -2.10. The molecule has 3 rings (SSSR count). The van der Waals surface area contributed by atoms with Crippen LogP contribution in [-0.4, -0.2) is 34.1 Å². The smallest absolute Gasteiger partial charge is 0.274 e. The van der Waals surface area contributed by atoms with Crippen LogP contribution < -0.4 is 0 Å². The van der Waals surface area contributed by atoms with Gasteiger partial charge in [0.15, 0.2) is 0 Å². The molecule has 1 aromatic heterocycles. The first-order valence-electron chi connectivity index (χ1n) is 9.43. The quantitative estimate of drug-likeness (QED) is 0.881. The Balaban J connectivity index is 1.58. The number of benzene rings is 1. The highest BCUT2D eigenvalue weighted by Gasteiger charge is 2.26. The van der Waals surface area contributed by atoms with Gasteiger partial charge in [-0.25, -0.2) is 0 Å². The lowest BCUT2D eigenvalue weighted by molar-refractivity contribution is 0.0662. The molecule has 134 valence electrons. The van der Waals surface area contributed by atoms with Crippen molar-refractivity contribution in [3.05, 3.63) is 52.8 Å². The van der Waals surface area contributed by atoms with Gasteiger partial charge < -0.3 is 4.90 Å². The summed E-state index contributed by atoms with van der Waals surface area (Å²) in [5.41, 5.74) is 4.38. The van der Waals surface area contributed by atoms with Crippen molar-refractivity contribution in [3.63, 3.8) is 0 Å². The van der Waals surface area contributed by atoms with Crippen LogP contribution in [0.15, 0.2) is 30.3 Å². The molecule has 1 aliphatic heterocycles. The second-order valence-corrected chi connectivity index (χ2v) is 7.59. The normalized spacial score (nSPS) is 17.9. The molecule has 4 nitrogen and oxygen atoms in total. The molecular formula is C21H29N3O. The molecule has 25 heavy (non-hydrogen) atoms. The second-order valence-electron chi connectivity index (χ2n) is 7.59. The van der Waals surface area contributed by atoms with E-state index in [0.717, 1.165) is 38.0 Å². The lowest BCUT2D eigenvalue weighted by Crippen LogP contribution is -2.40. The largest absolute Gasteiger partial charge is 0.337 e. The van der Waals surface area contributed by atoms with Crippen LogP contribution in [0.4, 0.5) is 0 Å². The maximum Gasteiger partial charge on any atom is 0.274 e. The summed E-state index contributed by atoms with van der Waals surface area (Å²) in [6.45, 7) is 8.09. The molecule has 2 aromatic rings. The average molecular weight is 339 g/mol. The van der Waals surface area contributed by atoms with Crippen LogP contribution in [0.25, 0.3) is 0 Å². The Morgan fingerprint density at radius 3 is 2.88 bits per heavy atom. The fourth-order valence-corrected chi connectivity index (χ4v) is 3.64. The minimum Gasteiger partial charge on any atom is -0.337 e. The first-order valence-corrected chi connectivity index (χ1v) is 9.43. The van der Waals surface area contributed by atoms with Crippen LogP contribution in [0.2, 0.25) is 0 Å². The van der Waals surface area contributed by atoms with E-state index in [1.54, 1.807) is 0 Å². The number of rotatable bonds is 5. The number of nitrogens with zero attached hydrogens (tertiary/aromatic N) is 2. The summed E-state index contributed by atoms with van der Waals surface area (Å²) in [7, 11) is 0. The molecule has 4 heteroatoms. The van der Waals surface area contributed by atoms with E-state index in [1.807, 2.05) is 11.0 Å². The van der Waals surface area contributed by atoms with Crippen molar-refractivity contribution in [3.8, 4) is 0 Å². The number of piperidine rings is 1. The number of aryl methyl sites for hydroxylation is 2. The first-order chi connectivity index (χ1) is 12.0. The van der Waals surface area contributed by atoms with Crippen LogP contribution in [0, 0.1) is 12.8 Å². The Bertz CT molecular complexity index is 719. The Morgan fingerprint density at radius 2 is 2.16 bits per heavy atom. The van der Waals surface area contributed by atoms with E-state index in [0.29, 0.717) is 17.5 Å². The highest BCUT2D eigenvalue weighted by atomic mass is 16.2. The highest BCUT2D eigenvalue weighted by Crippen LogP contribution is 2.24. The lowest BCUT2D eigenvalue weighted by Gasteiger charge is -2.32. The van der Waals surface area contributed by atoms with Gasteiger partial charge in [0.25, 0.3) is 5.91 Å². The summed E-state index contributed by atoms with van der Waals surface area (Å²) in [6, 6.07) is 10.5. The molecule has 1 amide bonds. The average Bonchev–Trinajstić information content (AvgIpc) is 3.11. The van der Waals surface area contributed by atoms with Gasteiger partial charge in [0.05, 0.1) is 0 Å². The van der Waals surface area contributed by atoms with Crippen molar-refractivity contribution in [2.24, 2.45) is 5.92 Å². The number of likely N-dealkylation sites (tertiary alicyclic amines) is 1. The molecule has 0 radical (unpaired) electrons. The van der Waals surface area contributed by atoms with E-state index in [-0.39, 0.29) is 5.91 Å². The van der Waals surface area contributed by atoms with E-state index in [4.69, 9.17) is 0 Å². The maximum atomic E-state index is 12.8. The molecule has 0 saturated carbocycles. The van der Waals surface area contributed by atoms with Crippen LogP contribution in [0.1, 0.15) is 66.3 Å². The zero-order chi connectivity index (χ0) is 17.8. The fourth-order valence-electron chi connectivity index (χ4n) is 3.64. The fraction of sp³-hybridized carbons (Fsp3) is 0.524. The molecule has 1 atom stereocenters. The predicted molar refractivity (Wildman–Crippen MR) is 101 cm³/mol. The van der Waals surface area contributed by atoms with Crippen LogP contribution in [0.3, 0.4) is 0 Å². The molecule has 2 heterocycles. The van der Waals surface area contributed by atoms with Crippen molar-refractivity contribution < 1.29 is 4.79 Å². The van der Waals surface area contributed by atoms with Crippen molar-refractivity contribution in [1.82, 2.24) is 15.1 Å². The number of hydrogen-bond acceptors (Lipinski definition) is 2. The minimum atomic E-state index is 0.0729. The van der Waals surface area contributed by atoms with E-state index in [9.17, 15) is 4.79 Å². The molecule has 1 aliphatic rings. The minimum absolute atomic E-state index is 0.0729. The third-order valence-corrected chi connectivity index (χ3v) is 5.33. The number of H-pyrrole nitrogens is 1. The zero-order valence-electron chi connectivity index (χ0n) is 15.6. The zero-order valence-corrected chi connectivity index (χ0v) is 15.6. The summed E-state index contributed by atoms with van der Waals surface area (Å²) >= 11 is 0. The highest BCUT2D eigenvalue weighted by molar-refractivity contribution is 5.92. The standard InChI is InChI=1S/C21H29N3O/c1-15(2)19-13-20(23-22-19)21(25)24-12-6-8-17(14-24)10-11-18-9-5-4-7-16(18)3/h4-5,7,9,13,15,17H,6,8,10-12,14H2,1-3H3,(H,22,23)/t17-/m0/s1. The van der Waals surface area contributed by atoms with Crippen LogP contribution in [-0.2, 0) is 6.42 Å². The monoisotopic (exact) mass is 339 g/mol. The van der Waals surface area contributed by atoms with Gasteiger partial charge in [-0.15, -0.1) is 0 Å². The lowest BCUT2D eigenvalue weighted by atomic mass is 9.90. The van der Waals surface area contributed by atoms with Crippen molar-refractivity contribution >= 4 is 5.91 Å². The summed E-state index contributed by atoms with van der Waals surface area (Å²) in [4.78, 5) is 14.7. The number of hydrogen-bond donors (Lipinski definition) is 1. The van der Waals surface area contributed by atoms with Crippen LogP contribution >= 0.6 is 0 Å². The van der Waals surface area contributed by atoms with Crippen molar-refractivity contribution in [1.29, 1.82) is 0 Å². The van der Waals surface area contributed by atoms with E-state index in [2.05, 4.69) is 55.2 Å². The topological polar surface area (TPSA) is 49.0 Å². The summed E-state index contributed by atoms with van der Waals surface area (Å²) in [5, 5.41) is 7.22. The molecule has 1 N–H and O–H groups in total. The van der Waals surface area contributed by atoms with Gasteiger partial charge in [0, 0.05) is 18.8 Å². The Labute approximate surface area is 150 Å². The van der Waals surface area contributed by atoms with Gasteiger partial charge in [-0.2, -0.15) is 5.10 Å². The third-order valence-electron chi connectivity index (χ3n) is 5.33. The van der Waals surface area contributed by atoms with Gasteiger partial charge >= 0.3 is 0 Å². The first kappa shape index (κ1) is 17.7. The number of aromatic nitrogens is 2. The van der Waals surface area contributed by atoms with Crippen molar-refractivity contribution in [2.45, 2.75) is 52.4 Å². The second kappa shape index (κ2) is 7.85. The number of aromatic amines is 1. The van der Waals surface area contributed by atoms with E-state index >= 15 is 0 Å². The number of nitrogens with one attached hydrogen (secondary N) is 1. The molecule has 0 aliphatic carbocycles.